The van der Waals surface area contributed by atoms with E-state index in [1.807, 2.05) is 34.3 Å². The van der Waals surface area contributed by atoms with E-state index in [2.05, 4.69) is 4.90 Å². The average Bonchev–Trinajstić information content (AvgIpc) is 2.92. The Morgan fingerprint density at radius 1 is 1.05 bits per heavy atom. The fourth-order valence-corrected chi connectivity index (χ4v) is 5.25. The topological polar surface area (TPSA) is 88.4 Å². The number of nitro benzene ring substituents is 1. The molecule has 1 heterocycles. The number of benzene rings is 2. The molecule has 0 radical (unpaired) electrons. The second kappa shape index (κ2) is 12.0. The lowest BCUT2D eigenvalue weighted by Gasteiger charge is -2.48. The van der Waals surface area contributed by atoms with Gasteiger partial charge >= 0.3 is 6.18 Å². The van der Waals surface area contributed by atoms with Crippen molar-refractivity contribution in [3.8, 4) is 5.75 Å². The second-order valence-corrected chi connectivity index (χ2v) is 9.37. The number of alkyl halides is 3. The van der Waals surface area contributed by atoms with E-state index < -0.39 is 22.4 Å². The van der Waals surface area contributed by atoms with Crippen molar-refractivity contribution in [2.24, 2.45) is 0 Å². The molecule has 9 nitrogen and oxygen atoms in total. The number of hydrogen-bond donors (Lipinski definition) is 0. The molecular formula is C26H31F3N4O5. The number of hydrazine groups is 1. The summed E-state index contributed by atoms with van der Waals surface area (Å²) in [6.45, 7) is 2.45. The third kappa shape index (κ3) is 6.36. The van der Waals surface area contributed by atoms with Gasteiger partial charge in [0.05, 0.1) is 23.8 Å². The van der Waals surface area contributed by atoms with Gasteiger partial charge in [-0.2, -0.15) is 13.2 Å². The molecule has 1 aliphatic carbocycles. The number of anilines is 2. The first-order valence-electron chi connectivity index (χ1n) is 12.5. The first-order chi connectivity index (χ1) is 18.2. The lowest BCUT2D eigenvalue weighted by Crippen LogP contribution is -2.58. The Labute approximate surface area is 218 Å². The molecule has 0 aromatic heterocycles. The van der Waals surface area contributed by atoms with Crippen molar-refractivity contribution in [3.63, 3.8) is 0 Å². The summed E-state index contributed by atoms with van der Waals surface area (Å²) in [4.78, 5) is 23.2. The van der Waals surface area contributed by atoms with E-state index in [4.69, 9.17) is 9.47 Å². The summed E-state index contributed by atoms with van der Waals surface area (Å²) in [7, 11) is 1.60. The molecule has 1 saturated heterocycles. The first-order valence-corrected chi connectivity index (χ1v) is 12.5. The molecule has 0 atom stereocenters. The van der Waals surface area contributed by atoms with Crippen LogP contribution in [0.1, 0.15) is 31.2 Å². The molecule has 2 aromatic carbocycles. The highest BCUT2D eigenvalue weighted by Crippen LogP contribution is 2.40. The monoisotopic (exact) mass is 536 g/mol. The summed E-state index contributed by atoms with van der Waals surface area (Å²) < 4.78 is 52.2. The standard InChI is InChI=1S/C26H31F3N4O5/c1-37-22-7-2-19(3-8-22)30-12-14-31(15-13-30)32(20-4-9-23(10-5-20)38-17-16-34)21-6-11-25(33(35)36)24(18-21)26(27,28)29/h2-3,6-8,11,16,18,20,23H,4-5,9-10,12-15,17H2,1H3. The number of carbonyl (C=O) groups excluding carboxylic acids is 1. The summed E-state index contributed by atoms with van der Waals surface area (Å²) in [6, 6.07) is 10.8. The van der Waals surface area contributed by atoms with Crippen molar-refractivity contribution < 1.29 is 32.4 Å². The van der Waals surface area contributed by atoms with Gasteiger partial charge in [0.15, 0.2) is 0 Å². The number of nitro groups is 1. The minimum absolute atomic E-state index is 0.0175. The molecule has 0 N–H and O–H groups in total. The fraction of sp³-hybridized carbons (Fsp3) is 0.500. The SMILES string of the molecule is COc1ccc(N2CCN(N(c3ccc([N+](=O)[O-])c(C(F)(F)F)c3)C3CCC(OCC=O)CC3)CC2)cc1. The Balaban J connectivity index is 1.58. The van der Waals surface area contributed by atoms with Crippen LogP contribution in [0.3, 0.4) is 0 Å². The highest BCUT2D eigenvalue weighted by atomic mass is 19.4. The second-order valence-electron chi connectivity index (χ2n) is 9.37. The van der Waals surface area contributed by atoms with E-state index in [1.54, 1.807) is 7.11 Å². The Morgan fingerprint density at radius 2 is 1.71 bits per heavy atom. The first kappa shape index (κ1) is 27.6. The highest BCUT2D eigenvalue weighted by Gasteiger charge is 2.40. The number of rotatable bonds is 9. The zero-order valence-electron chi connectivity index (χ0n) is 21.1. The molecule has 0 bridgehead atoms. The van der Waals surface area contributed by atoms with Crippen molar-refractivity contribution >= 4 is 23.3 Å². The quantitative estimate of drug-likeness (QED) is 0.259. The molecule has 2 aromatic rings. The minimum Gasteiger partial charge on any atom is -0.497 e. The number of hydrogen-bond acceptors (Lipinski definition) is 8. The van der Waals surface area contributed by atoms with Gasteiger partial charge in [-0.05, 0) is 62.1 Å². The van der Waals surface area contributed by atoms with Crippen LogP contribution in [0.2, 0.25) is 0 Å². The summed E-state index contributed by atoms with van der Waals surface area (Å²) in [5, 5.41) is 15.2. The number of ether oxygens (including phenoxy) is 2. The van der Waals surface area contributed by atoms with E-state index in [9.17, 15) is 28.1 Å². The molecule has 1 aliphatic heterocycles. The molecule has 0 amide bonds. The van der Waals surface area contributed by atoms with E-state index in [0.717, 1.165) is 23.6 Å². The minimum atomic E-state index is -4.86. The molecule has 2 fully saturated rings. The van der Waals surface area contributed by atoms with Gasteiger partial charge in [0, 0.05) is 44.0 Å². The van der Waals surface area contributed by atoms with Gasteiger partial charge in [0.2, 0.25) is 0 Å². The number of methoxy groups -OCH3 is 1. The number of carbonyl (C=O) groups is 1. The number of piperazine rings is 1. The average molecular weight is 537 g/mol. The summed E-state index contributed by atoms with van der Waals surface area (Å²) in [5.41, 5.74) is -0.918. The van der Waals surface area contributed by atoms with Crippen molar-refractivity contribution in [3.05, 3.63) is 58.1 Å². The van der Waals surface area contributed by atoms with Gasteiger partial charge < -0.3 is 24.2 Å². The molecule has 4 rings (SSSR count). The molecule has 12 heteroatoms. The van der Waals surface area contributed by atoms with Crippen LogP contribution in [0.25, 0.3) is 0 Å². The van der Waals surface area contributed by atoms with Crippen molar-refractivity contribution in [1.82, 2.24) is 5.01 Å². The van der Waals surface area contributed by atoms with Crippen molar-refractivity contribution in [2.45, 2.75) is 44.0 Å². The number of halogens is 3. The van der Waals surface area contributed by atoms with Crippen LogP contribution in [0.5, 0.6) is 5.75 Å². The highest BCUT2D eigenvalue weighted by molar-refractivity contribution is 5.57. The largest absolute Gasteiger partial charge is 0.497 e. The Morgan fingerprint density at radius 3 is 2.26 bits per heavy atom. The zero-order chi connectivity index (χ0) is 27.3. The number of aldehydes is 1. The third-order valence-corrected chi connectivity index (χ3v) is 7.13. The smallest absolute Gasteiger partial charge is 0.423 e. The molecule has 0 unspecified atom stereocenters. The van der Waals surface area contributed by atoms with Gasteiger partial charge in [0.25, 0.3) is 5.69 Å². The van der Waals surface area contributed by atoms with E-state index in [-0.39, 0.29) is 24.4 Å². The van der Waals surface area contributed by atoms with Gasteiger partial charge in [-0.25, -0.2) is 5.01 Å². The Kier molecular flexibility index (Phi) is 8.72. The summed E-state index contributed by atoms with van der Waals surface area (Å²) in [6.07, 6.45) is -1.60. The van der Waals surface area contributed by atoms with Crippen molar-refractivity contribution in [2.75, 3.05) is 49.8 Å². The molecule has 2 aliphatic rings. The normalized spacial score (nSPS) is 20.7. The van der Waals surface area contributed by atoms with Crippen molar-refractivity contribution in [1.29, 1.82) is 0 Å². The van der Waals surface area contributed by atoms with Crippen LogP contribution in [-0.4, -0.2) is 68.3 Å². The maximum absolute atomic E-state index is 13.8. The molecule has 0 spiro atoms. The lowest BCUT2D eigenvalue weighted by molar-refractivity contribution is -0.388. The zero-order valence-corrected chi connectivity index (χ0v) is 21.1. The van der Waals surface area contributed by atoms with Crippen LogP contribution in [0, 0.1) is 10.1 Å². The van der Waals surface area contributed by atoms with Crippen LogP contribution in [0.15, 0.2) is 42.5 Å². The van der Waals surface area contributed by atoms with Gasteiger partial charge in [-0.1, -0.05) is 0 Å². The summed E-state index contributed by atoms with van der Waals surface area (Å²) in [5.74, 6) is 0.755. The third-order valence-electron chi connectivity index (χ3n) is 7.13. The maximum atomic E-state index is 13.8. The Hall–Kier alpha value is -3.38. The van der Waals surface area contributed by atoms with E-state index in [1.165, 1.54) is 6.07 Å². The van der Waals surface area contributed by atoms with Gasteiger partial charge in [0.1, 0.15) is 24.2 Å². The predicted octanol–water partition coefficient (Wildman–Crippen LogP) is 4.69. The molecule has 206 valence electrons. The lowest BCUT2D eigenvalue weighted by atomic mass is 9.92. The molecule has 1 saturated carbocycles. The van der Waals surface area contributed by atoms with Crippen LogP contribution >= 0.6 is 0 Å². The maximum Gasteiger partial charge on any atom is 0.423 e. The number of nitrogens with zero attached hydrogens (tertiary/aromatic N) is 4. The fourth-order valence-electron chi connectivity index (χ4n) is 5.25. The summed E-state index contributed by atoms with van der Waals surface area (Å²) >= 11 is 0. The van der Waals surface area contributed by atoms with Gasteiger partial charge in [-0.3, -0.25) is 10.1 Å². The Bertz CT molecular complexity index is 1100. The van der Waals surface area contributed by atoms with Gasteiger partial charge in [-0.15, -0.1) is 0 Å². The van der Waals surface area contributed by atoms with Crippen LogP contribution in [0.4, 0.5) is 30.2 Å². The van der Waals surface area contributed by atoms with E-state index >= 15 is 0 Å². The van der Waals surface area contributed by atoms with Crippen LogP contribution in [-0.2, 0) is 15.7 Å². The van der Waals surface area contributed by atoms with E-state index in [0.29, 0.717) is 58.1 Å². The molecular weight excluding hydrogens is 505 g/mol. The predicted molar refractivity (Wildman–Crippen MR) is 135 cm³/mol. The van der Waals surface area contributed by atoms with Crippen LogP contribution < -0.4 is 14.6 Å². The molecule has 38 heavy (non-hydrogen) atoms.